The largest absolute Gasteiger partial charge is 0.479 e. The predicted molar refractivity (Wildman–Crippen MR) is 199 cm³/mol. The maximum atomic E-state index is 13.3. The Kier molecular flexibility index (Phi) is 12.2. The Morgan fingerprint density at radius 2 is 1.58 bits per heavy atom. The van der Waals surface area contributed by atoms with Crippen LogP contribution in [0, 0.1) is 11.3 Å². The number of rotatable bonds is 11. The lowest BCUT2D eigenvalue weighted by Gasteiger charge is -2.28. The summed E-state index contributed by atoms with van der Waals surface area (Å²) in [4.78, 5) is 56.8. The number of nitrogens with one attached hydrogen (secondary N) is 2. The molecule has 3 N–H and O–H groups in total. The Morgan fingerprint density at radius 3 is 2.19 bits per heavy atom. The molecule has 1 aromatic heterocycles. The van der Waals surface area contributed by atoms with Crippen LogP contribution in [0.25, 0.3) is 10.8 Å². The highest BCUT2D eigenvalue weighted by Crippen LogP contribution is 2.31. The van der Waals surface area contributed by atoms with Crippen LogP contribution in [0.3, 0.4) is 0 Å². The quantitative estimate of drug-likeness (QED) is 0.137. The number of aliphatic carboxylic acids is 1. The van der Waals surface area contributed by atoms with Gasteiger partial charge in [-0.1, -0.05) is 31.2 Å². The first-order chi connectivity index (χ1) is 24.5. The van der Waals surface area contributed by atoms with E-state index in [0.29, 0.717) is 52.5 Å². The molecule has 0 saturated carbocycles. The normalized spacial score (nSPS) is 12.0. The maximum Gasteiger partial charge on any atom is 0.425 e. The van der Waals surface area contributed by atoms with Crippen molar-refractivity contribution in [3.05, 3.63) is 95.2 Å². The Bertz CT molecular complexity index is 1980. The fourth-order valence-corrected chi connectivity index (χ4v) is 5.47. The van der Waals surface area contributed by atoms with Gasteiger partial charge >= 0.3 is 18.2 Å². The third-order valence-electron chi connectivity index (χ3n) is 7.74. The molecule has 4 aromatic rings. The second-order valence-electron chi connectivity index (χ2n) is 14.3. The molecule has 12 heteroatoms. The number of benzene rings is 3. The Labute approximate surface area is 303 Å². The zero-order valence-corrected chi connectivity index (χ0v) is 30.6. The van der Waals surface area contributed by atoms with Gasteiger partial charge in [0.1, 0.15) is 11.2 Å². The maximum absolute atomic E-state index is 13.3. The van der Waals surface area contributed by atoms with Gasteiger partial charge < -0.3 is 25.2 Å². The molecule has 3 aromatic carbocycles. The molecule has 3 amide bonds. The van der Waals surface area contributed by atoms with Crippen LogP contribution in [0.15, 0.2) is 72.9 Å². The third-order valence-corrected chi connectivity index (χ3v) is 7.74. The number of ether oxygens (including phenoxy) is 2. The van der Waals surface area contributed by atoms with E-state index in [2.05, 4.69) is 21.7 Å². The molecule has 1 heterocycles. The van der Waals surface area contributed by atoms with Gasteiger partial charge in [-0.2, -0.15) is 10.2 Å². The highest BCUT2D eigenvalue weighted by Gasteiger charge is 2.34. The summed E-state index contributed by atoms with van der Waals surface area (Å²) in [5, 5.41) is 26.3. The van der Waals surface area contributed by atoms with Crippen molar-refractivity contribution >= 4 is 52.0 Å². The van der Waals surface area contributed by atoms with Crippen LogP contribution in [0.4, 0.5) is 26.8 Å². The van der Waals surface area contributed by atoms with E-state index in [4.69, 9.17) is 14.7 Å². The molecule has 0 aliphatic heterocycles. The topological polar surface area (TPSA) is 171 Å². The van der Waals surface area contributed by atoms with Crippen molar-refractivity contribution in [3.8, 4) is 6.07 Å². The average Bonchev–Trinajstić information content (AvgIpc) is 3.05. The second-order valence-corrected chi connectivity index (χ2v) is 14.3. The number of pyridine rings is 1. The fraction of sp³-hybridized carbons (Fsp3) is 0.350. The number of carbonyl (C=O) groups is 4. The van der Waals surface area contributed by atoms with Gasteiger partial charge in [0.15, 0.2) is 11.9 Å². The lowest BCUT2D eigenvalue weighted by molar-refractivity contribution is -0.138. The van der Waals surface area contributed by atoms with Crippen LogP contribution >= 0.6 is 0 Å². The van der Waals surface area contributed by atoms with E-state index in [1.165, 1.54) is 6.20 Å². The molecule has 0 bridgehead atoms. The molecule has 12 nitrogen and oxygen atoms in total. The number of imide groups is 1. The Hall–Kier alpha value is -5.96. The molecule has 0 saturated heterocycles. The predicted octanol–water partition coefficient (Wildman–Crippen LogP) is 8.54. The smallest absolute Gasteiger partial charge is 0.425 e. The summed E-state index contributed by atoms with van der Waals surface area (Å²) < 4.78 is 11.0. The van der Waals surface area contributed by atoms with Gasteiger partial charge in [-0.15, -0.1) is 0 Å². The molecule has 4 rings (SSSR count). The first kappa shape index (κ1) is 38.8. The molecule has 0 aliphatic carbocycles. The van der Waals surface area contributed by atoms with Crippen LogP contribution in [0.1, 0.15) is 89.6 Å². The highest BCUT2D eigenvalue weighted by atomic mass is 16.6. The number of nitriles is 1. The van der Waals surface area contributed by atoms with Gasteiger partial charge in [0.25, 0.3) is 0 Å². The molecule has 0 fully saturated rings. The number of hydrogen-bond donors (Lipinski definition) is 3. The zero-order chi connectivity index (χ0) is 38.2. The van der Waals surface area contributed by atoms with Gasteiger partial charge in [0, 0.05) is 29.4 Å². The van der Waals surface area contributed by atoms with Crippen molar-refractivity contribution in [3.63, 3.8) is 0 Å². The van der Waals surface area contributed by atoms with Gasteiger partial charge in [-0.05, 0) is 125 Å². The Balaban J connectivity index is 1.53. The fourth-order valence-electron chi connectivity index (χ4n) is 5.47. The van der Waals surface area contributed by atoms with Gasteiger partial charge in [0.2, 0.25) is 5.91 Å². The summed E-state index contributed by atoms with van der Waals surface area (Å²) in [7, 11) is 0. The monoisotopic (exact) mass is 707 g/mol. The molecule has 1 unspecified atom stereocenters. The number of carboxylic acid groups (broad SMARTS) is 1. The molecule has 272 valence electrons. The number of aryl methyl sites for hydroxylation is 2. The SMILES string of the molecule is CCc1cc(C(Nc2ccc3c(N(C(=O)OC(C)(C)C)C(=O)OC(C)(C)C)nccc3c2)C(=O)O)ccc1CCCC(=O)Nc1cccc(C#N)c1. The van der Waals surface area contributed by atoms with Crippen molar-refractivity contribution < 1.29 is 33.8 Å². The lowest BCUT2D eigenvalue weighted by atomic mass is 9.95. The number of anilines is 3. The minimum Gasteiger partial charge on any atom is -0.479 e. The van der Waals surface area contributed by atoms with Crippen molar-refractivity contribution in [1.29, 1.82) is 5.26 Å². The van der Waals surface area contributed by atoms with Crippen LogP contribution in [0.5, 0.6) is 0 Å². The van der Waals surface area contributed by atoms with E-state index >= 15 is 0 Å². The summed E-state index contributed by atoms with van der Waals surface area (Å²) in [6, 6.07) is 20.0. The number of hydrogen-bond acceptors (Lipinski definition) is 9. The van der Waals surface area contributed by atoms with E-state index < -0.39 is 35.4 Å². The molecule has 52 heavy (non-hydrogen) atoms. The summed E-state index contributed by atoms with van der Waals surface area (Å²) in [6.07, 6.45) is 1.72. The number of amides is 3. The van der Waals surface area contributed by atoms with Crippen molar-refractivity contribution in [2.45, 2.75) is 91.4 Å². The van der Waals surface area contributed by atoms with Gasteiger partial charge in [-0.3, -0.25) is 4.79 Å². The van der Waals surface area contributed by atoms with Crippen LogP contribution in [-0.4, -0.2) is 45.4 Å². The number of nitrogens with zero attached hydrogens (tertiary/aromatic N) is 3. The lowest BCUT2D eigenvalue weighted by Crippen LogP contribution is -2.44. The zero-order valence-electron chi connectivity index (χ0n) is 30.6. The standard InChI is InChI=1S/C40H45N5O7/c1-8-26-22-29(16-15-27(26)12-10-14-33(46)43-30-13-9-11-25(21-30)24-41)34(36(47)48)44-31-17-18-32-28(23-31)19-20-42-35(32)45(37(49)51-39(2,3)4)38(50)52-40(5,6)7/h9,11,13,15-23,34,44H,8,10,12,14H2,1-7H3,(H,43,46)(H,47,48). The van der Waals surface area contributed by atoms with Crippen molar-refractivity contribution in [2.24, 2.45) is 0 Å². The number of fused-ring (bicyclic) bond motifs is 1. The molecule has 1 atom stereocenters. The van der Waals surface area contributed by atoms with E-state index in [1.807, 2.05) is 19.1 Å². The van der Waals surface area contributed by atoms with Gasteiger partial charge in [0.05, 0.1) is 11.6 Å². The molecular formula is C40H45N5O7. The Morgan fingerprint density at radius 1 is 0.885 bits per heavy atom. The van der Waals surface area contributed by atoms with E-state index in [-0.39, 0.29) is 18.1 Å². The minimum absolute atomic E-state index is 0.0104. The number of aromatic nitrogens is 1. The first-order valence-corrected chi connectivity index (χ1v) is 17.0. The van der Waals surface area contributed by atoms with Crippen LogP contribution in [-0.2, 0) is 31.9 Å². The summed E-state index contributed by atoms with van der Waals surface area (Å²) >= 11 is 0. The number of carboxylic acids is 1. The number of carbonyl (C=O) groups excluding carboxylic acids is 3. The van der Waals surface area contributed by atoms with Crippen molar-refractivity contribution in [1.82, 2.24) is 4.98 Å². The minimum atomic E-state index is -1.09. The van der Waals surface area contributed by atoms with Crippen molar-refractivity contribution in [2.75, 3.05) is 15.5 Å². The first-order valence-electron chi connectivity index (χ1n) is 17.0. The summed E-state index contributed by atoms with van der Waals surface area (Å²) in [6.45, 7) is 12.1. The highest BCUT2D eigenvalue weighted by molar-refractivity contribution is 6.14. The second kappa shape index (κ2) is 16.4. The molecule has 0 spiro atoms. The van der Waals surface area contributed by atoms with E-state index in [1.54, 1.807) is 96.1 Å². The van der Waals surface area contributed by atoms with E-state index in [0.717, 1.165) is 16.0 Å². The average molecular weight is 708 g/mol. The van der Waals surface area contributed by atoms with Gasteiger partial charge in [-0.25, -0.2) is 19.4 Å². The summed E-state index contributed by atoms with van der Waals surface area (Å²) in [5.74, 6) is -1.22. The molecular weight excluding hydrogens is 662 g/mol. The van der Waals surface area contributed by atoms with Crippen LogP contribution < -0.4 is 15.5 Å². The van der Waals surface area contributed by atoms with E-state index in [9.17, 15) is 24.3 Å². The van der Waals surface area contributed by atoms with Crippen LogP contribution in [0.2, 0.25) is 0 Å². The third kappa shape index (κ3) is 10.5. The summed E-state index contributed by atoms with van der Waals surface area (Å²) in [5.41, 5.74) is 2.29. The molecule has 0 radical (unpaired) electrons. The molecule has 0 aliphatic rings.